The molecule has 2 heteroatoms. The first kappa shape index (κ1) is 13.3. The maximum Gasteiger partial charge on any atom is 0.0950 e. The molecule has 1 heterocycles. The fourth-order valence-electron chi connectivity index (χ4n) is 2.14. The molecule has 0 saturated heterocycles. The number of hydrogen-bond donors (Lipinski definition) is 1. The topological polar surface area (TPSA) is 25.2 Å². The molecule has 0 saturated carbocycles. The Labute approximate surface area is 99.4 Å². The summed E-state index contributed by atoms with van der Waals surface area (Å²) in [5.74, 6) is 0.772. The van der Waals surface area contributed by atoms with Crippen LogP contribution in [0.2, 0.25) is 0 Å². The van der Waals surface area contributed by atoms with E-state index in [9.17, 15) is 0 Å². The van der Waals surface area contributed by atoms with Gasteiger partial charge in [0.05, 0.1) is 12.5 Å². The summed E-state index contributed by atoms with van der Waals surface area (Å²) < 4.78 is 5.18. The fraction of sp³-hybridized carbons (Fsp3) is 0.714. The van der Waals surface area contributed by atoms with Gasteiger partial charge < -0.3 is 9.73 Å². The van der Waals surface area contributed by atoms with E-state index in [1.807, 2.05) is 6.26 Å². The van der Waals surface area contributed by atoms with E-state index < -0.39 is 0 Å². The summed E-state index contributed by atoms with van der Waals surface area (Å²) in [5, 5.41) is 3.60. The fourth-order valence-corrected chi connectivity index (χ4v) is 2.14. The highest BCUT2D eigenvalue weighted by atomic mass is 16.3. The van der Waals surface area contributed by atoms with Crippen molar-refractivity contribution in [3.63, 3.8) is 0 Å². The molecule has 2 atom stereocenters. The highest BCUT2D eigenvalue weighted by Crippen LogP contribution is 2.24. The van der Waals surface area contributed by atoms with Gasteiger partial charge in [-0.05, 0) is 31.4 Å². The Hall–Kier alpha value is -0.760. The Balaban J connectivity index is 2.50. The predicted molar refractivity (Wildman–Crippen MR) is 68.4 cm³/mol. The van der Waals surface area contributed by atoms with Gasteiger partial charge in [-0.2, -0.15) is 0 Å². The average molecular weight is 223 g/mol. The quantitative estimate of drug-likeness (QED) is 0.716. The van der Waals surface area contributed by atoms with Crippen LogP contribution in [-0.2, 0) is 0 Å². The minimum absolute atomic E-state index is 0.459. The van der Waals surface area contributed by atoms with Crippen molar-refractivity contribution < 1.29 is 4.42 Å². The Morgan fingerprint density at radius 2 is 2.12 bits per heavy atom. The van der Waals surface area contributed by atoms with E-state index in [-0.39, 0.29) is 0 Å². The number of nitrogens with one attached hydrogen (secondary N) is 1. The molecule has 16 heavy (non-hydrogen) atoms. The van der Waals surface area contributed by atoms with E-state index >= 15 is 0 Å². The second kappa shape index (κ2) is 7.50. The zero-order valence-corrected chi connectivity index (χ0v) is 10.8. The molecule has 0 amide bonds. The Bertz CT molecular complexity index is 256. The monoisotopic (exact) mass is 223 g/mol. The van der Waals surface area contributed by atoms with Crippen LogP contribution in [-0.4, -0.2) is 6.54 Å². The van der Waals surface area contributed by atoms with Crippen LogP contribution in [0.25, 0.3) is 0 Å². The molecule has 1 rings (SSSR count). The van der Waals surface area contributed by atoms with Crippen LogP contribution in [0.4, 0.5) is 0 Å². The Kier molecular flexibility index (Phi) is 6.24. The van der Waals surface area contributed by atoms with Crippen molar-refractivity contribution in [3.8, 4) is 0 Å². The lowest BCUT2D eigenvalue weighted by molar-refractivity contribution is 0.388. The van der Waals surface area contributed by atoms with Crippen molar-refractivity contribution >= 4 is 0 Å². The highest BCUT2D eigenvalue weighted by Gasteiger charge is 2.15. The van der Waals surface area contributed by atoms with Crippen molar-refractivity contribution in [2.24, 2.45) is 5.92 Å². The number of rotatable bonds is 8. The number of hydrogen-bond acceptors (Lipinski definition) is 2. The minimum Gasteiger partial charge on any atom is -0.472 e. The van der Waals surface area contributed by atoms with Crippen molar-refractivity contribution in [1.29, 1.82) is 0 Å². The lowest BCUT2D eigenvalue weighted by Crippen LogP contribution is -2.23. The summed E-state index contributed by atoms with van der Waals surface area (Å²) in [5.41, 5.74) is 1.29. The van der Waals surface area contributed by atoms with Crippen LogP contribution in [0.1, 0.15) is 58.1 Å². The third-order valence-electron chi connectivity index (χ3n) is 3.01. The van der Waals surface area contributed by atoms with Gasteiger partial charge in [-0.1, -0.05) is 33.6 Å². The van der Waals surface area contributed by atoms with E-state index in [4.69, 9.17) is 4.42 Å². The molecule has 1 aromatic rings. The van der Waals surface area contributed by atoms with Crippen LogP contribution < -0.4 is 5.32 Å². The summed E-state index contributed by atoms with van der Waals surface area (Å²) >= 11 is 0. The summed E-state index contributed by atoms with van der Waals surface area (Å²) in [6, 6.07) is 2.53. The Morgan fingerprint density at radius 3 is 2.69 bits per heavy atom. The molecule has 0 fully saturated rings. The average Bonchev–Trinajstić information content (AvgIpc) is 2.77. The van der Waals surface area contributed by atoms with Crippen LogP contribution in [0.5, 0.6) is 0 Å². The second-order valence-electron chi connectivity index (χ2n) is 4.69. The molecular weight excluding hydrogens is 198 g/mol. The summed E-state index contributed by atoms with van der Waals surface area (Å²) in [4.78, 5) is 0. The van der Waals surface area contributed by atoms with E-state index in [1.165, 1.54) is 31.2 Å². The van der Waals surface area contributed by atoms with Crippen LogP contribution >= 0.6 is 0 Å². The molecule has 1 N–H and O–H groups in total. The van der Waals surface area contributed by atoms with Gasteiger partial charge >= 0.3 is 0 Å². The van der Waals surface area contributed by atoms with E-state index in [2.05, 4.69) is 32.2 Å². The minimum atomic E-state index is 0.459. The SMILES string of the molecule is CCCNC(CC(C)CCC)c1ccoc1. The second-order valence-corrected chi connectivity index (χ2v) is 4.69. The maximum atomic E-state index is 5.18. The molecule has 0 spiro atoms. The number of furan rings is 1. The molecule has 0 aliphatic rings. The summed E-state index contributed by atoms with van der Waals surface area (Å²) in [7, 11) is 0. The summed E-state index contributed by atoms with van der Waals surface area (Å²) in [6.45, 7) is 7.87. The molecule has 2 unspecified atom stereocenters. The zero-order valence-electron chi connectivity index (χ0n) is 10.8. The van der Waals surface area contributed by atoms with Gasteiger partial charge in [0.2, 0.25) is 0 Å². The molecular formula is C14H25NO. The van der Waals surface area contributed by atoms with Crippen LogP contribution in [0, 0.1) is 5.92 Å². The lowest BCUT2D eigenvalue weighted by Gasteiger charge is -2.21. The molecule has 92 valence electrons. The van der Waals surface area contributed by atoms with E-state index in [0.29, 0.717) is 6.04 Å². The van der Waals surface area contributed by atoms with Crippen LogP contribution in [0.3, 0.4) is 0 Å². The van der Waals surface area contributed by atoms with Gasteiger partial charge in [-0.15, -0.1) is 0 Å². The van der Waals surface area contributed by atoms with Crippen molar-refractivity contribution in [2.45, 2.75) is 52.5 Å². The third-order valence-corrected chi connectivity index (χ3v) is 3.01. The van der Waals surface area contributed by atoms with Crippen molar-refractivity contribution in [3.05, 3.63) is 24.2 Å². The van der Waals surface area contributed by atoms with Gasteiger partial charge in [0.1, 0.15) is 0 Å². The molecule has 0 aromatic carbocycles. The smallest absolute Gasteiger partial charge is 0.0950 e. The van der Waals surface area contributed by atoms with Crippen LogP contribution in [0.15, 0.2) is 23.0 Å². The first-order valence-electron chi connectivity index (χ1n) is 6.53. The molecule has 2 nitrogen and oxygen atoms in total. The van der Waals surface area contributed by atoms with E-state index in [1.54, 1.807) is 6.26 Å². The lowest BCUT2D eigenvalue weighted by atomic mass is 9.94. The largest absolute Gasteiger partial charge is 0.472 e. The molecule has 0 aliphatic heterocycles. The normalized spacial score (nSPS) is 14.9. The first-order valence-corrected chi connectivity index (χ1v) is 6.53. The van der Waals surface area contributed by atoms with Gasteiger partial charge in [0.15, 0.2) is 0 Å². The summed E-state index contributed by atoms with van der Waals surface area (Å²) in [6.07, 6.45) is 8.59. The van der Waals surface area contributed by atoms with E-state index in [0.717, 1.165) is 12.5 Å². The van der Waals surface area contributed by atoms with Gasteiger partial charge in [-0.25, -0.2) is 0 Å². The predicted octanol–water partition coefficient (Wildman–Crippen LogP) is 4.15. The standard InChI is InChI=1S/C14H25NO/c1-4-6-12(3)10-14(15-8-5-2)13-7-9-16-11-13/h7,9,11-12,14-15H,4-6,8,10H2,1-3H3. The van der Waals surface area contributed by atoms with Gasteiger partial charge in [-0.3, -0.25) is 0 Å². The van der Waals surface area contributed by atoms with Crippen molar-refractivity contribution in [2.75, 3.05) is 6.54 Å². The molecule has 0 bridgehead atoms. The zero-order chi connectivity index (χ0) is 11.8. The van der Waals surface area contributed by atoms with Gasteiger partial charge in [0.25, 0.3) is 0 Å². The van der Waals surface area contributed by atoms with Crippen molar-refractivity contribution in [1.82, 2.24) is 5.32 Å². The molecule has 1 aromatic heterocycles. The Morgan fingerprint density at radius 1 is 1.31 bits per heavy atom. The molecule has 0 aliphatic carbocycles. The molecule has 0 radical (unpaired) electrons. The maximum absolute atomic E-state index is 5.18. The third kappa shape index (κ3) is 4.40. The first-order chi connectivity index (χ1) is 7.77. The van der Waals surface area contributed by atoms with Gasteiger partial charge in [0, 0.05) is 11.6 Å². The highest BCUT2D eigenvalue weighted by molar-refractivity contribution is 5.11.